The van der Waals surface area contributed by atoms with Crippen LogP contribution in [0.3, 0.4) is 0 Å². The molecule has 0 radical (unpaired) electrons. The Bertz CT molecular complexity index is 637. The highest BCUT2D eigenvalue weighted by Crippen LogP contribution is 2.43. The summed E-state index contributed by atoms with van der Waals surface area (Å²) in [6.45, 7) is 8.38. The van der Waals surface area contributed by atoms with Crippen LogP contribution in [0.4, 0.5) is 4.79 Å². The first-order valence-corrected chi connectivity index (χ1v) is 8.84. The number of hydrogen-bond donors (Lipinski definition) is 1. The van der Waals surface area contributed by atoms with Gasteiger partial charge in [-0.15, -0.1) is 0 Å². The van der Waals surface area contributed by atoms with E-state index in [9.17, 15) is 9.59 Å². The molecular weight excluding hydrogens is 332 g/mol. The molecule has 1 aromatic carbocycles. The summed E-state index contributed by atoms with van der Waals surface area (Å²) in [5, 5.41) is 2.82. The average molecular weight is 362 g/mol. The molecular formula is C20H30N2O4. The Morgan fingerprint density at radius 1 is 1.08 bits per heavy atom. The second-order valence-corrected chi connectivity index (χ2v) is 8.30. The first-order chi connectivity index (χ1) is 12.0. The number of hydrogen-bond acceptors (Lipinski definition) is 5. The maximum absolute atomic E-state index is 12.7. The van der Waals surface area contributed by atoms with Crippen LogP contribution >= 0.6 is 0 Å². The molecule has 0 aliphatic carbocycles. The quantitative estimate of drug-likeness (QED) is 0.834. The number of amides is 1. The van der Waals surface area contributed by atoms with Gasteiger partial charge in [0.1, 0.15) is 12.1 Å². The van der Waals surface area contributed by atoms with Gasteiger partial charge in [0.05, 0.1) is 7.11 Å². The van der Waals surface area contributed by atoms with Gasteiger partial charge < -0.3 is 14.8 Å². The molecule has 2 rings (SSSR count). The molecule has 1 saturated heterocycles. The summed E-state index contributed by atoms with van der Waals surface area (Å²) in [6, 6.07) is 9.43. The fourth-order valence-electron chi connectivity index (χ4n) is 4.03. The van der Waals surface area contributed by atoms with Gasteiger partial charge in [-0.05, 0) is 53.1 Å². The summed E-state index contributed by atoms with van der Waals surface area (Å²) in [4.78, 5) is 27.4. The van der Waals surface area contributed by atoms with Gasteiger partial charge in [-0.2, -0.15) is 0 Å². The third-order valence-electron chi connectivity index (χ3n) is 5.41. The lowest BCUT2D eigenvalue weighted by Crippen LogP contribution is -2.71. The second-order valence-electron chi connectivity index (χ2n) is 8.30. The Balaban J connectivity index is 2.19. The van der Waals surface area contributed by atoms with Crippen molar-refractivity contribution in [2.45, 2.75) is 63.8 Å². The minimum absolute atomic E-state index is 0.149. The molecule has 1 aliphatic rings. The smallest absolute Gasteiger partial charge is 0.408 e. The summed E-state index contributed by atoms with van der Waals surface area (Å²) in [7, 11) is 3.38. The Labute approximate surface area is 155 Å². The normalized spacial score (nSPS) is 20.8. The van der Waals surface area contributed by atoms with Crippen molar-refractivity contribution in [1.29, 1.82) is 0 Å². The van der Waals surface area contributed by atoms with Crippen LogP contribution in [0.5, 0.6) is 0 Å². The van der Waals surface area contributed by atoms with Crippen LogP contribution in [0.25, 0.3) is 0 Å². The third-order valence-corrected chi connectivity index (χ3v) is 5.41. The van der Waals surface area contributed by atoms with Gasteiger partial charge in [-0.3, -0.25) is 4.90 Å². The highest BCUT2D eigenvalue weighted by molar-refractivity contribution is 5.86. The van der Waals surface area contributed by atoms with Crippen molar-refractivity contribution in [3.05, 3.63) is 35.9 Å². The van der Waals surface area contributed by atoms with E-state index in [1.54, 1.807) is 0 Å². The van der Waals surface area contributed by atoms with E-state index >= 15 is 0 Å². The van der Waals surface area contributed by atoms with Gasteiger partial charge in [-0.25, -0.2) is 9.59 Å². The summed E-state index contributed by atoms with van der Waals surface area (Å²) >= 11 is 0. The predicted octanol–water partition coefficient (Wildman–Crippen LogP) is 3.11. The first-order valence-electron chi connectivity index (χ1n) is 8.84. The molecule has 1 aliphatic heterocycles. The van der Waals surface area contributed by atoms with Gasteiger partial charge in [0, 0.05) is 11.1 Å². The van der Waals surface area contributed by atoms with Crippen LogP contribution in [0.2, 0.25) is 0 Å². The molecule has 1 amide bonds. The fourth-order valence-corrected chi connectivity index (χ4v) is 4.03. The third kappa shape index (κ3) is 4.18. The Morgan fingerprint density at radius 2 is 1.62 bits per heavy atom. The van der Waals surface area contributed by atoms with Crippen LogP contribution in [-0.2, 0) is 20.9 Å². The van der Waals surface area contributed by atoms with Crippen molar-refractivity contribution in [2.75, 3.05) is 14.2 Å². The molecule has 0 aromatic heterocycles. The largest absolute Gasteiger partial charge is 0.467 e. The van der Waals surface area contributed by atoms with Crippen LogP contribution < -0.4 is 5.32 Å². The number of methoxy groups -OCH3 is 1. The van der Waals surface area contributed by atoms with Crippen LogP contribution in [0.15, 0.2) is 30.3 Å². The van der Waals surface area contributed by atoms with E-state index in [0.29, 0.717) is 12.8 Å². The van der Waals surface area contributed by atoms with Gasteiger partial charge in [-0.1, -0.05) is 30.3 Å². The topological polar surface area (TPSA) is 67.9 Å². The Morgan fingerprint density at radius 3 is 2.12 bits per heavy atom. The van der Waals surface area contributed by atoms with Crippen molar-refractivity contribution in [1.82, 2.24) is 10.2 Å². The van der Waals surface area contributed by atoms with Gasteiger partial charge in [0.2, 0.25) is 0 Å². The zero-order valence-corrected chi connectivity index (χ0v) is 16.6. The number of nitrogens with one attached hydrogen (secondary N) is 1. The van der Waals surface area contributed by atoms with E-state index in [4.69, 9.17) is 9.47 Å². The molecule has 6 heteroatoms. The molecule has 26 heavy (non-hydrogen) atoms. The minimum atomic E-state index is -1.12. The molecule has 0 atom stereocenters. The molecule has 0 unspecified atom stereocenters. The van der Waals surface area contributed by atoms with E-state index < -0.39 is 17.6 Å². The lowest BCUT2D eigenvalue weighted by atomic mass is 9.69. The van der Waals surface area contributed by atoms with Crippen molar-refractivity contribution in [2.24, 2.45) is 0 Å². The van der Waals surface area contributed by atoms with Gasteiger partial charge in [0.15, 0.2) is 0 Å². The number of rotatable bonds is 4. The van der Waals surface area contributed by atoms with Crippen molar-refractivity contribution in [3.63, 3.8) is 0 Å². The number of ether oxygens (including phenoxy) is 2. The number of likely N-dealkylation sites (tertiary alicyclic amines) is 1. The SMILES string of the molecule is COC(=O)C1(NC(=O)OCc2ccccc2)CC(C)(C)N(C)C(C)(C)C1. The van der Waals surface area contributed by atoms with Crippen LogP contribution in [0, 0.1) is 0 Å². The monoisotopic (exact) mass is 362 g/mol. The van der Waals surface area contributed by atoms with Crippen molar-refractivity contribution in [3.8, 4) is 0 Å². The zero-order chi connectivity index (χ0) is 19.6. The molecule has 1 N–H and O–H groups in total. The molecule has 1 fully saturated rings. The van der Waals surface area contributed by atoms with Crippen LogP contribution in [-0.4, -0.2) is 47.7 Å². The first kappa shape index (κ1) is 20.2. The lowest BCUT2D eigenvalue weighted by Gasteiger charge is -2.56. The molecule has 6 nitrogen and oxygen atoms in total. The summed E-state index contributed by atoms with van der Waals surface area (Å²) in [6.07, 6.45) is 0.260. The van der Waals surface area contributed by atoms with E-state index in [0.717, 1.165) is 5.56 Å². The zero-order valence-electron chi connectivity index (χ0n) is 16.6. The van der Waals surface area contributed by atoms with E-state index in [-0.39, 0.29) is 17.7 Å². The molecule has 144 valence electrons. The second kappa shape index (κ2) is 7.27. The number of benzene rings is 1. The number of nitrogens with zero attached hydrogens (tertiary/aromatic N) is 1. The molecule has 1 heterocycles. The van der Waals surface area contributed by atoms with Gasteiger partial charge >= 0.3 is 12.1 Å². The number of carbonyl (C=O) groups excluding carboxylic acids is 2. The number of piperidine rings is 1. The molecule has 0 saturated carbocycles. The Kier molecular flexibility index (Phi) is 5.66. The Hall–Kier alpha value is -2.08. The lowest BCUT2D eigenvalue weighted by molar-refractivity contribution is -0.158. The van der Waals surface area contributed by atoms with Crippen molar-refractivity contribution < 1.29 is 19.1 Å². The number of alkyl carbamates (subject to hydrolysis) is 1. The maximum atomic E-state index is 12.7. The summed E-state index contributed by atoms with van der Waals surface area (Å²) < 4.78 is 10.4. The molecule has 1 aromatic rings. The van der Waals surface area contributed by atoms with Crippen molar-refractivity contribution >= 4 is 12.1 Å². The minimum Gasteiger partial charge on any atom is -0.467 e. The standard InChI is InChI=1S/C20H30N2O4/c1-18(2)13-20(16(23)25-6,14-19(3,4)22(18)5)21-17(24)26-12-15-10-8-7-9-11-15/h7-11H,12-14H2,1-6H3,(H,21,24). The van der Waals surface area contributed by atoms with E-state index in [2.05, 4.69) is 37.9 Å². The van der Waals surface area contributed by atoms with E-state index in [1.807, 2.05) is 37.4 Å². The number of carbonyl (C=O) groups is 2. The number of esters is 1. The fraction of sp³-hybridized carbons (Fsp3) is 0.600. The average Bonchev–Trinajstić information content (AvgIpc) is 2.57. The maximum Gasteiger partial charge on any atom is 0.408 e. The van der Waals surface area contributed by atoms with E-state index in [1.165, 1.54) is 7.11 Å². The van der Waals surface area contributed by atoms with Gasteiger partial charge in [0.25, 0.3) is 0 Å². The summed E-state index contributed by atoms with van der Waals surface area (Å²) in [5.41, 5.74) is -0.841. The highest BCUT2D eigenvalue weighted by Gasteiger charge is 2.56. The van der Waals surface area contributed by atoms with Crippen LogP contribution in [0.1, 0.15) is 46.1 Å². The molecule has 0 spiro atoms. The predicted molar refractivity (Wildman–Crippen MR) is 99.7 cm³/mol. The summed E-state index contributed by atoms with van der Waals surface area (Å²) in [5.74, 6) is -0.441. The molecule has 0 bridgehead atoms. The highest BCUT2D eigenvalue weighted by atomic mass is 16.6.